The van der Waals surface area contributed by atoms with Crippen molar-refractivity contribution >= 4 is 0 Å². The van der Waals surface area contributed by atoms with Gasteiger partial charge in [0.1, 0.15) is 5.75 Å². The third kappa shape index (κ3) is 3.04. The van der Waals surface area contributed by atoms with Crippen LogP contribution >= 0.6 is 0 Å². The van der Waals surface area contributed by atoms with Crippen molar-refractivity contribution in [3.8, 4) is 5.75 Å². The van der Waals surface area contributed by atoms with Crippen molar-refractivity contribution in [1.29, 1.82) is 0 Å². The fourth-order valence-corrected chi connectivity index (χ4v) is 3.90. The van der Waals surface area contributed by atoms with Crippen LogP contribution in [0.5, 0.6) is 5.75 Å². The maximum Gasteiger partial charge on any atom is 0.387 e. The van der Waals surface area contributed by atoms with Gasteiger partial charge < -0.3 is 14.7 Å². The molecule has 0 amide bonds. The molecule has 2 fully saturated rings. The van der Waals surface area contributed by atoms with Gasteiger partial charge in [-0.05, 0) is 44.4 Å². The van der Waals surface area contributed by atoms with E-state index in [0.717, 1.165) is 12.8 Å². The van der Waals surface area contributed by atoms with Gasteiger partial charge in [0, 0.05) is 18.5 Å². The van der Waals surface area contributed by atoms with Crippen LogP contribution in [0.15, 0.2) is 24.3 Å². The summed E-state index contributed by atoms with van der Waals surface area (Å²) in [7, 11) is 2.11. The topological polar surface area (TPSA) is 32.7 Å². The summed E-state index contributed by atoms with van der Waals surface area (Å²) in [5, 5.41) is 10.9. The highest BCUT2D eigenvalue weighted by atomic mass is 19.3. The van der Waals surface area contributed by atoms with Gasteiger partial charge in [-0.3, -0.25) is 0 Å². The minimum Gasteiger partial charge on any atom is -0.435 e. The maximum atomic E-state index is 12.5. The predicted octanol–water partition coefficient (Wildman–Crippen LogP) is 2.82. The number of rotatable bonds is 4. The molecule has 2 aliphatic rings. The number of para-hydroxylation sites is 1. The molecule has 1 aromatic rings. The van der Waals surface area contributed by atoms with Crippen molar-refractivity contribution in [2.45, 2.75) is 56.4 Å². The molecule has 0 spiro atoms. The fraction of sp³-hybridized carbons (Fsp3) is 0.625. The molecule has 0 aromatic heterocycles. The Morgan fingerprint density at radius 3 is 2.52 bits per heavy atom. The van der Waals surface area contributed by atoms with E-state index < -0.39 is 12.2 Å². The van der Waals surface area contributed by atoms with Gasteiger partial charge in [0.2, 0.25) is 0 Å². The Kier molecular flexibility index (Phi) is 3.88. The monoisotopic (exact) mass is 297 g/mol. The molecule has 2 bridgehead atoms. The fourth-order valence-electron chi connectivity index (χ4n) is 3.90. The molecule has 0 aliphatic carbocycles. The molecule has 116 valence electrons. The Balaban J connectivity index is 1.77. The first-order chi connectivity index (χ1) is 9.97. The molecule has 2 unspecified atom stereocenters. The van der Waals surface area contributed by atoms with Gasteiger partial charge in [-0.25, -0.2) is 0 Å². The first-order valence-electron chi connectivity index (χ1n) is 7.44. The third-order valence-corrected chi connectivity index (χ3v) is 4.92. The minimum atomic E-state index is -2.84. The van der Waals surface area contributed by atoms with Crippen molar-refractivity contribution in [2.24, 2.45) is 0 Å². The van der Waals surface area contributed by atoms with Crippen LogP contribution in [0, 0.1) is 0 Å². The maximum absolute atomic E-state index is 12.5. The number of fused-ring (bicyclic) bond motifs is 2. The van der Waals surface area contributed by atoms with Crippen LogP contribution in [0.3, 0.4) is 0 Å². The number of aliphatic hydroxyl groups is 1. The largest absolute Gasteiger partial charge is 0.435 e. The van der Waals surface area contributed by atoms with Gasteiger partial charge in [0.15, 0.2) is 0 Å². The number of piperidine rings is 1. The molecule has 2 heterocycles. The highest BCUT2D eigenvalue weighted by Gasteiger charge is 2.46. The lowest BCUT2D eigenvalue weighted by Crippen LogP contribution is -2.50. The summed E-state index contributed by atoms with van der Waals surface area (Å²) in [6.07, 6.45) is 3.99. The molecule has 0 saturated carbocycles. The zero-order chi connectivity index (χ0) is 15.0. The van der Waals surface area contributed by atoms with Crippen LogP contribution < -0.4 is 4.74 Å². The Morgan fingerprint density at radius 1 is 1.29 bits per heavy atom. The van der Waals surface area contributed by atoms with E-state index in [-0.39, 0.29) is 5.75 Å². The average molecular weight is 297 g/mol. The summed E-state index contributed by atoms with van der Waals surface area (Å²) in [4.78, 5) is 2.34. The summed E-state index contributed by atoms with van der Waals surface area (Å²) >= 11 is 0. The Bertz CT molecular complexity index is 495. The van der Waals surface area contributed by atoms with E-state index in [0.29, 0.717) is 36.9 Å². The number of benzene rings is 1. The summed E-state index contributed by atoms with van der Waals surface area (Å²) in [5.41, 5.74) is -0.163. The van der Waals surface area contributed by atoms with E-state index in [4.69, 9.17) is 0 Å². The van der Waals surface area contributed by atoms with E-state index in [1.165, 1.54) is 6.07 Å². The molecule has 1 N–H and O–H groups in total. The number of hydrogen-bond donors (Lipinski definition) is 1. The molecule has 21 heavy (non-hydrogen) atoms. The number of halogens is 2. The molecule has 2 aliphatic heterocycles. The van der Waals surface area contributed by atoms with Crippen LogP contribution in [0.25, 0.3) is 0 Å². The van der Waals surface area contributed by atoms with Crippen molar-refractivity contribution in [1.82, 2.24) is 4.90 Å². The van der Waals surface area contributed by atoms with E-state index in [1.54, 1.807) is 18.2 Å². The highest BCUT2D eigenvalue weighted by molar-refractivity contribution is 5.35. The molecule has 2 saturated heterocycles. The van der Waals surface area contributed by atoms with Crippen molar-refractivity contribution in [3.63, 3.8) is 0 Å². The standard InChI is InChI=1S/C16H21F2NO2/c1-19-12-6-7-13(19)10-16(20,9-12)8-11-4-2-3-5-14(11)21-15(17)18/h2-5,12-13,15,20H,6-10H2,1H3. The smallest absolute Gasteiger partial charge is 0.387 e. The van der Waals surface area contributed by atoms with E-state index in [2.05, 4.69) is 16.7 Å². The van der Waals surface area contributed by atoms with E-state index in [9.17, 15) is 13.9 Å². The molecule has 0 radical (unpaired) electrons. The highest BCUT2D eigenvalue weighted by Crippen LogP contribution is 2.42. The van der Waals surface area contributed by atoms with Crippen LogP contribution in [0.4, 0.5) is 8.78 Å². The Morgan fingerprint density at radius 2 is 1.90 bits per heavy atom. The average Bonchev–Trinajstić information content (AvgIpc) is 2.64. The summed E-state index contributed by atoms with van der Waals surface area (Å²) in [5.74, 6) is 0.173. The van der Waals surface area contributed by atoms with Crippen molar-refractivity contribution in [2.75, 3.05) is 7.05 Å². The van der Waals surface area contributed by atoms with Gasteiger partial charge >= 0.3 is 6.61 Å². The summed E-state index contributed by atoms with van der Waals surface area (Å²) < 4.78 is 29.5. The zero-order valence-electron chi connectivity index (χ0n) is 12.1. The van der Waals surface area contributed by atoms with Gasteiger partial charge in [-0.15, -0.1) is 0 Å². The second kappa shape index (κ2) is 5.54. The number of hydrogen-bond acceptors (Lipinski definition) is 3. The van der Waals surface area contributed by atoms with E-state index >= 15 is 0 Å². The van der Waals surface area contributed by atoms with Gasteiger partial charge in [0.05, 0.1) is 5.60 Å². The van der Waals surface area contributed by atoms with Gasteiger partial charge in [-0.1, -0.05) is 18.2 Å². The number of nitrogens with zero attached hydrogens (tertiary/aromatic N) is 1. The minimum absolute atomic E-state index is 0.173. The molecule has 3 rings (SSSR count). The molecule has 1 aromatic carbocycles. The lowest BCUT2D eigenvalue weighted by molar-refractivity contribution is -0.0565. The summed E-state index contributed by atoms with van der Waals surface area (Å²) in [6.45, 7) is -2.84. The lowest BCUT2D eigenvalue weighted by Gasteiger charge is -2.42. The van der Waals surface area contributed by atoms with Gasteiger partial charge in [-0.2, -0.15) is 8.78 Å². The molecule has 3 nitrogen and oxygen atoms in total. The second-order valence-corrected chi connectivity index (χ2v) is 6.35. The molecular formula is C16H21F2NO2. The first kappa shape index (κ1) is 14.7. The molecule has 5 heteroatoms. The van der Waals surface area contributed by atoms with Crippen LogP contribution in [-0.4, -0.2) is 41.4 Å². The number of alkyl halides is 2. The van der Waals surface area contributed by atoms with E-state index in [1.807, 2.05) is 0 Å². The van der Waals surface area contributed by atoms with Crippen LogP contribution in [-0.2, 0) is 6.42 Å². The van der Waals surface area contributed by atoms with Crippen molar-refractivity contribution < 1.29 is 18.6 Å². The SMILES string of the molecule is CN1C2CCC1CC(O)(Cc1ccccc1OC(F)F)C2. The van der Waals surface area contributed by atoms with Crippen LogP contribution in [0.1, 0.15) is 31.2 Å². The third-order valence-electron chi connectivity index (χ3n) is 4.92. The Hall–Kier alpha value is -1.20. The van der Waals surface area contributed by atoms with Gasteiger partial charge in [0.25, 0.3) is 0 Å². The molecule has 2 atom stereocenters. The Labute approximate surface area is 123 Å². The number of ether oxygens (including phenoxy) is 1. The normalized spacial score (nSPS) is 32.6. The zero-order valence-corrected chi connectivity index (χ0v) is 12.1. The summed E-state index contributed by atoms with van der Waals surface area (Å²) in [6, 6.07) is 7.56. The van der Waals surface area contributed by atoms with Crippen molar-refractivity contribution in [3.05, 3.63) is 29.8 Å². The molecular weight excluding hydrogens is 276 g/mol. The first-order valence-corrected chi connectivity index (χ1v) is 7.44. The lowest BCUT2D eigenvalue weighted by atomic mass is 9.81. The quantitative estimate of drug-likeness (QED) is 0.927. The second-order valence-electron chi connectivity index (χ2n) is 6.35. The predicted molar refractivity (Wildman–Crippen MR) is 75.5 cm³/mol. The van der Waals surface area contributed by atoms with Crippen LogP contribution in [0.2, 0.25) is 0 Å².